The maximum absolute atomic E-state index is 11.1. The van der Waals surface area contributed by atoms with Crippen molar-refractivity contribution >= 4 is 21.9 Å². The number of hydrogen-bond donors (Lipinski definition) is 0. The number of alkyl halides is 1. The van der Waals surface area contributed by atoms with Crippen LogP contribution in [0.15, 0.2) is 16.5 Å². The molecule has 4 heteroatoms. The van der Waals surface area contributed by atoms with E-state index in [-0.39, 0.29) is 10.6 Å². The summed E-state index contributed by atoms with van der Waals surface area (Å²) < 4.78 is 9.88. The normalized spacial score (nSPS) is 12.9. The molecule has 0 saturated heterocycles. The summed E-state index contributed by atoms with van der Waals surface area (Å²) in [7, 11) is 1.33. The molecule has 1 aromatic rings. The number of ether oxygens (including phenoxy) is 1. The topological polar surface area (TPSA) is 39.4 Å². The molecule has 0 aliphatic heterocycles. The Kier molecular flexibility index (Phi) is 3.75. The third-order valence-electron chi connectivity index (χ3n) is 1.87. The van der Waals surface area contributed by atoms with Gasteiger partial charge >= 0.3 is 5.97 Å². The Morgan fingerprint density at radius 1 is 1.50 bits per heavy atom. The molecule has 0 N–H and O–H groups in total. The average molecular weight is 261 g/mol. The van der Waals surface area contributed by atoms with Crippen LogP contribution in [0.2, 0.25) is 0 Å². The smallest absolute Gasteiger partial charge is 0.373 e. The van der Waals surface area contributed by atoms with E-state index >= 15 is 0 Å². The lowest BCUT2D eigenvalue weighted by molar-refractivity contribution is 0.0562. The Labute approximate surface area is 91.6 Å². The molecular formula is C10H13BrO3. The van der Waals surface area contributed by atoms with Crippen LogP contribution in [0.5, 0.6) is 0 Å². The summed E-state index contributed by atoms with van der Waals surface area (Å²) in [6.45, 7) is 4.14. The molecule has 0 saturated carbocycles. The number of esters is 1. The van der Waals surface area contributed by atoms with E-state index in [1.54, 1.807) is 12.1 Å². The summed E-state index contributed by atoms with van der Waals surface area (Å²) in [5.74, 6) is 0.958. The molecule has 1 atom stereocenters. The number of hydrogen-bond acceptors (Lipinski definition) is 3. The number of furan rings is 1. The van der Waals surface area contributed by atoms with E-state index in [0.29, 0.717) is 5.92 Å². The van der Waals surface area contributed by atoms with Crippen LogP contribution in [-0.4, -0.2) is 13.1 Å². The second-order valence-corrected chi connectivity index (χ2v) is 4.33. The summed E-state index contributed by atoms with van der Waals surface area (Å²) in [5.41, 5.74) is 0. The van der Waals surface area contributed by atoms with Gasteiger partial charge in [-0.05, 0) is 18.1 Å². The van der Waals surface area contributed by atoms with Crippen molar-refractivity contribution in [2.75, 3.05) is 7.11 Å². The molecule has 78 valence electrons. The highest BCUT2D eigenvalue weighted by Crippen LogP contribution is 2.31. The van der Waals surface area contributed by atoms with E-state index in [9.17, 15) is 4.79 Å². The van der Waals surface area contributed by atoms with E-state index in [0.717, 1.165) is 5.76 Å². The highest BCUT2D eigenvalue weighted by molar-refractivity contribution is 9.09. The van der Waals surface area contributed by atoms with Crippen molar-refractivity contribution in [3.63, 3.8) is 0 Å². The van der Waals surface area contributed by atoms with Gasteiger partial charge in [-0.15, -0.1) is 0 Å². The third-order valence-corrected chi connectivity index (χ3v) is 3.38. The number of carbonyl (C=O) groups is 1. The average Bonchev–Trinajstić information content (AvgIpc) is 2.64. The van der Waals surface area contributed by atoms with Gasteiger partial charge in [-0.3, -0.25) is 0 Å². The molecule has 0 amide bonds. The Bertz CT molecular complexity index is 317. The standard InChI is InChI=1S/C10H13BrO3/c1-6(2)9(11)7-4-5-8(14-7)10(12)13-3/h4-6,9H,1-3H3. The predicted octanol–water partition coefficient (Wildman–Crippen LogP) is 3.16. The van der Waals surface area contributed by atoms with E-state index in [2.05, 4.69) is 34.5 Å². The monoisotopic (exact) mass is 260 g/mol. The molecule has 1 rings (SSSR count). The molecule has 0 bridgehead atoms. The quantitative estimate of drug-likeness (QED) is 0.619. The van der Waals surface area contributed by atoms with Crippen LogP contribution < -0.4 is 0 Å². The summed E-state index contributed by atoms with van der Waals surface area (Å²) in [5, 5.41) is 0. The second kappa shape index (κ2) is 4.64. The molecule has 0 aromatic carbocycles. The molecule has 0 aliphatic carbocycles. The highest BCUT2D eigenvalue weighted by atomic mass is 79.9. The molecule has 1 heterocycles. The number of halogens is 1. The van der Waals surface area contributed by atoms with Crippen LogP contribution in [0.4, 0.5) is 0 Å². The van der Waals surface area contributed by atoms with Gasteiger partial charge in [0.25, 0.3) is 0 Å². The minimum atomic E-state index is -0.445. The Hall–Kier alpha value is -0.770. The first kappa shape index (κ1) is 11.3. The fraction of sp³-hybridized carbons (Fsp3) is 0.500. The van der Waals surface area contributed by atoms with E-state index in [1.807, 2.05) is 0 Å². The lowest BCUT2D eigenvalue weighted by Gasteiger charge is -2.09. The van der Waals surface area contributed by atoms with Gasteiger partial charge in [0.1, 0.15) is 5.76 Å². The Morgan fingerprint density at radius 3 is 2.64 bits per heavy atom. The van der Waals surface area contributed by atoms with Gasteiger partial charge in [0.05, 0.1) is 11.9 Å². The van der Waals surface area contributed by atoms with E-state index in [1.165, 1.54) is 7.11 Å². The maximum atomic E-state index is 11.1. The molecule has 1 unspecified atom stereocenters. The van der Waals surface area contributed by atoms with Crippen molar-refractivity contribution in [3.05, 3.63) is 23.7 Å². The third kappa shape index (κ3) is 2.38. The SMILES string of the molecule is COC(=O)c1ccc(C(Br)C(C)C)o1. The molecule has 14 heavy (non-hydrogen) atoms. The first-order valence-corrected chi connectivity index (χ1v) is 5.30. The van der Waals surface area contributed by atoms with Crippen LogP contribution in [0.25, 0.3) is 0 Å². The van der Waals surface area contributed by atoms with Crippen molar-refractivity contribution in [2.24, 2.45) is 5.92 Å². The van der Waals surface area contributed by atoms with Crippen LogP contribution in [0, 0.1) is 5.92 Å². The highest BCUT2D eigenvalue weighted by Gasteiger charge is 2.18. The molecule has 3 nitrogen and oxygen atoms in total. The van der Waals surface area contributed by atoms with Crippen molar-refractivity contribution in [1.29, 1.82) is 0 Å². The number of carbonyl (C=O) groups excluding carboxylic acids is 1. The van der Waals surface area contributed by atoms with Crippen molar-refractivity contribution in [1.82, 2.24) is 0 Å². The lowest BCUT2D eigenvalue weighted by atomic mass is 10.1. The van der Waals surface area contributed by atoms with Gasteiger partial charge in [0, 0.05) is 0 Å². The fourth-order valence-corrected chi connectivity index (χ4v) is 1.29. The minimum absolute atomic E-state index is 0.126. The second-order valence-electron chi connectivity index (χ2n) is 3.34. The zero-order valence-electron chi connectivity index (χ0n) is 8.41. The zero-order valence-corrected chi connectivity index (χ0v) is 10.00. The summed E-state index contributed by atoms with van der Waals surface area (Å²) in [6, 6.07) is 3.41. The number of methoxy groups -OCH3 is 1. The summed E-state index contributed by atoms with van der Waals surface area (Å²) in [4.78, 5) is 11.2. The van der Waals surface area contributed by atoms with Gasteiger partial charge < -0.3 is 9.15 Å². The summed E-state index contributed by atoms with van der Waals surface area (Å²) in [6.07, 6.45) is 0. The molecular weight excluding hydrogens is 248 g/mol. The zero-order chi connectivity index (χ0) is 10.7. The molecule has 0 fully saturated rings. The van der Waals surface area contributed by atoms with Crippen LogP contribution >= 0.6 is 15.9 Å². The Morgan fingerprint density at radius 2 is 2.14 bits per heavy atom. The van der Waals surface area contributed by atoms with Crippen LogP contribution in [0.1, 0.15) is 35.0 Å². The molecule has 0 radical (unpaired) electrons. The van der Waals surface area contributed by atoms with Crippen molar-refractivity contribution < 1.29 is 13.9 Å². The number of rotatable bonds is 3. The van der Waals surface area contributed by atoms with E-state index in [4.69, 9.17) is 4.42 Å². The van der Waals surface area contributed by atoms with Gasteiger partial charge in [-0.25, -0.2) is 4.79 Å². The van der Waals surface area contributed by atoms with Gasteiger partial charge in [0.2, 0.25) is 5.76 Å². The molecule has 0 aliphatic rings. The lowest BCUT2D eigenvalue weighted by Crippen LogP contribution is -1.99. The molecule has 1 aromatic heterocycles. The first-order valence-electron chi connectivity index (χ1n) is 4.38. The first-order chi connectivity index (χ1) is 6.56. The van der Waals surface area contributed by atoms with Crippen molar-refractivity contribution in [2.45, 2.75) is 18.7 Å². The Balaban J connectivity index is 2.82. The van der Waals surface area contributed by atoms with Gasteiger partial charge in [0.15, 0.2) is 0 Å². The minimum Gasteiger partial charge on any atom is -0.463 e. The largest absolute Gasteiger partial charge is 0.463 e. The fourth-order valence-electron chi connectivity index (χ4n) is 1.04. The summed E-state index contributed by atoms with van der Waals surface area (Å²) >= 11 is 3.49. The van der Waals surface area contributed by atoms with Gasteiger partial charge in [-0.1, -0.05) is 29.8 Å². The van der Waals surface area contributed by atoms with Crippen LogP contribution in [0.3, 0.4) is 0 Å². The van der Waals surface area contributed by atoms with E-state index < -0.39 is 5.97 Å². The van der Waals surface area contributed by atoms with Crippen LogP contribution in [-0.2, 0) is 4.74 Å². The predicted molar refractivity (Wildman–Crippen MR) is 56.6 cm³/mol. The van der Waals surface area contributed by atoms with Crippen molar-refractivity contribution in [3.8, 4) is 0 Å². The maximum Gasteiger partial charge on any atom is 0.373 e. The molecule has 0 spiro atoms. The van der Waals surface area contributed by atoms with Gasteiger partial charge in [-0.2, -0.15) is 0 Å².